The van der Waals surface area contributed by atoms with Crippen LogP contribution in [0.25, 0.3) is 22.3 Å². The van der Waals surface area contributed by atoms with Crippen molar-refractivity contribution < 1.29 is 37.0 Å². The lowest BCUT2D eigenvalue weighted by Crippen LogP contribution is -2.38. The lowest BCUT2D eigenvalue weighted by molar-refractivity contribution is -0.137. The molecule has 0 aliphatic carbocycles. The molecule has 2 aromatic carbocycles. The Kier molecular flexibility index (Phi) is 7.11. The van der Waals surface area contributed by atoms with Crippen molar-refractivity contribution in [2.24, 2.45) is 0 Å². The number of fused-ring (bicyclic) bond motifs is 1. The van der Waals surface area contributed by atoms with Gasteiger partial charge in [-0.1, -0.05) is 6.07 Å². The number of nitrogens with one attached hydrogen (secondary N) is 1. The van der Waals surface area contributed by atoms with E-state index in [2.05, 4.69) is 15.3 Å². The van der Waals surface area contributed by atoms with Gasteiger partial charge in [0, 0.05) is 18.7 Å². The molecule has 2 amide bonds. The van der Waals surface area contributed by atoms with E-state index < -0.39 is 35.1 Å². The number of hydrogen-bond acceptors (Lipinski definition) is 7. The van der Waals surface area contributed by atoms with E-state index in [0.29, 0.717) is 54.3 Å². The molecule has 2 aromatic heterocycles. The van der Waals surface area contributed by atoms with E-state index in [9.17, 15) is 32.3 Å². The minimum absolute atomic E-state index is 0.134. The highest BCUT2D eigenvalue weighted by Gasteiger charge is 2.32. The van der Waals surface area contributed by atoms with Crippen molar-refractivity contribution in [3.63, 3.8) is 0 Å². The van der Waals surface area contributed by atoms with Crippen molar-refractivity contribution in [1.29, 1.82) is 0 Å². The van der Waals surface area contributed by atoms with Crippen molar-refractivity contribution in [2.45, 2.75) is 25.1 Å². The largest absolute Gasteiger partial charge is 0.495 e. The van der Waals surface area contributed by atoms with E-state index in [-0.39, 0.29) is 29.4 Å². The van der Waals surface area contributed by atoms with Crippen LogP contribution in [-0.4, -0.2) is 62.0 Å². The number of nitrogen functional groups attached to an aromatic ring is 1. The Balaban J connectivity index is 1.46. The third kappa shape index (κ3) is 5.29. The summed E-state index contributed by atoms with van der Waals surface area (Å²) in [5, 5.41) is 17.0. The third-order valence-electron chi connectivity index (χ3n) is 6.86. The number of likely N-dealkylation sites (tertiary alicyclic amines) is 1. The number of amides is 2. The van der Waals surface area contributed by atoms with Gasteiger partial charge < -0.3 is 25.8 Å². The molecule has 4 N–H and O–H groups in total. The Morgan fingerprint density at radius 2 is 1.85 bits per heavy atom. The molecule has 1 aliphatic heterocycles. The van der Waals surface area contributed by atoms with Crippen molar-refractivity contribution in [2.75, 3.05) is 31.2 Å². The minimum atomic E-state index is -4.75. The molecule has 3 heterocycles. The summed E-state index contributed by atoms with van der Waals surface area (Å²) >= 11 is 0. The average molecular weight is 574 g/mol. The van der Waals surface area contributed by atoms with Crippen LogP contribution in [0.1, 0.15) is 34.8 Å². The molecule has 0 saturated carbocycles. The number of hydrogen-bond donors (Lipinski definition) is 3. The third-order valence-corrected chi connectivity index (χ3v) is 6.86. The number of rotatable bonds is 5. The van der Waals surface area contributed by atoms with Crippen molar-refractivity contribution in [3.05, 3.63) is 59.7 Å². The highest BCUT2D eigenvalue weighted by molar-refractivity contribution is 6.06. The molecular formula is C26H23F4N7O4. The molecule has 0 spiro atoms. The summed E-state index contributed by atoms with van der Waals surface area (Å²) in [5.41, 5.74) is 5.95. The molecule has 11 nitrogen and oxygen atoms in total. The molecule has 1 fully saturated rings. The van der Waals surface area contributed by atoms with Crippen LogP contribution >= 0.6 is 0 Å². The number of nitrogens with two attached hydrogens (primary N) is 1. The molecule has 0 unspecified atom stereocenters. The van der Waals surface area contributed by atoms with Gasteiger partial charge in [0.05, 0.1) is 35.4 Å². The second-order valence-corrected chi connectivity index (χ2v) is 9.31. The van der Waals surface area contributed by atoms with E-state index >= 15 is 0 Å². The highest BCUT2D eigenvalue weighted by Crippen LogP contribution is 2.37. The number of nitrogens with zero attached hydrogens (tertiary/aromatic N) is 5. The summed E-state index contributed by atoms with van der Waals surface area (Å²) in [6.07, 6.45) is -3.40. The molecule has 1 saturated heterocycles. The summed E-state index contributed by atoms with van der Waals surface area (Å²) in [6, 6.07) is 6.14. The quantitative estimate of drug-likeness (QED) is 0.288. The number of carbonyl (C=O) groups is 2. The fourth-order valence-corrected chi connectivity index (χ4v) is 4.76. The van der Waals surface area contributed by atoms with Gasteiger partial charge in [0.2, 0.25) is 0 Å². The monoisotopic (exact) mass is 573 g/mol. The zero-order valence-corrected chi connectivity index (χ0v) is 21.4. The van der Waals surface area contributed by atoms with Crippen LogP contribution in [0.15, 0.2) is 42.7 Å². The van der Waals surface area contributed by atoms with E-state index in [1.807, 2.05) is 0 Å². The molecule has 1 aliphatic rings. The van der Waals surface area contributed by atoms with Gasteiger partial charge in [0.1, 0.15) is 29.4 Å². The first-order valence-electron chi connectivity index (χ1n) is 12.3. The zero-order valence-electron chi connectivity index (χ0n) is 21.4. The maximum atomic E-state index is 14.3. The van der Waals surface area contributed by atoms with E-state index in [4.69, 9.17) is 15.6 Å². The number of benzene rings is 2. The van der Waals surface area contributed by atoms with Crippen LogP contribution in [0.2, 0.25) is 0 Å². The Morgan fingerprint density at radius 3 is 2.49 bits per heavy atom. The summed E-state index contributed by atoms with van der Waals surface area (Å²) in [6.45, 7) is 0.665. The first kappa shape index (κ1) is 27.6. The number of carboxylic acid groups (broad SMARTS) is 1. The van der Waals surface area contributed by atoms with Gasteiger partial charge in [-0.25, -0.2) is 23.8 Å². The molecule has 214 valence electrons. The molecule has 0 radical (unpaired) electrons. The molecule has 15 heteroatoms. The van der Waals surface area contributed by atoms with E-state index in [0.717, 1.165) is 6.07 Å². The molecular weight excluding hydrogens is 550 g/mol. The normalized spacial score (nSPS) is 14.3. The number of aromatic nitrogens is 4. The Labute approximate surface area is 229 Å². The SMILES string of the molecule is COc1cc(-c2nn(C3CCN(C(=O)O)CC3)c3ncnc(N)c23)ccc1NC(=O)c1ccc(C(F)(F)F)cc1F. The number of halogens is 4. The molecule has 5 rings (SSSR count). The maximum absolute atomic E-state index is 14.3. The van der Waals surface area contributed by atoms with Gasteiger partial charge in [-0.15, -0.1) is 0 Å². The fraction of sp³-hybridized carbons (Fsp3) is 0.269. The van der Waals surface area contributed by atoms with Crippen molar-refractivity contribution >= 4 is 34.5 Å². The highest BCUT2D eigenvalue weighted by atomic mass is 19.4. The predicted octanol–water partition coefficient (Wildman–Crippen LogP) is 4.81. The summed E-state index contributed by atoms with van der Waals surface area (Å²) in [5.74, 6) is -1.96. The van der Waals surface area contributed by atoms with Crippen LogP contribution in [0.4, 0.5) is 33.9 Å². The van der Waals surface area contributed by atoms with Gasteiger partial charge in [0.25, 0.3) is 5.91 Å². The lowest BCUT2D eigenvalue weighted by Gasteiger charge is -2.30. The summed E-state index contributed by atoms with van der Waals surface area (Å²) in [7, 11) is 1.35. The van der Waals surface area contributed by atoms with Crippen molar-refractivity contribution in [3.8, 4) is 17.0 Å². The first-order valence-corrected chi connectivity index (χ1v) is 12.3. The van der Waals surface area contributed by atoms with Gasteiger partial charge in [-0.3, -0.25) is 4.79 Å². The lowest BCUT2D eigenvalue weighted by atomic mass is 10.1. The van der Waals surface area contributed by atoms with Gasteiger partial charge in [-0.05, 0) is 43.2 Å². The smallest absolute Gasteiger partial charge is 0.416 e. The van der Waals surface area contributed by atoms with Crippen LogP contribution in [0, 0.1) is 5.82 Å². The zero-order chi connectivity index (χ0) is 29.5. The van der Waals surface area contributed by atoms with E-state index in [1.54, 1.807) is 16.8 Å². The Hall–Kier alpha value is -4.95. The number of piperidine rings is 1. The summed E-state index contributed by atoms with van der Waals surface area (Å²) < 4.78 is 60.1. The van der Waals surface area contributed by atoms with Gasteiger partial charge >= 0.3 is 12.3 Å². The number of anilines is 2. The maximum Gasteiger partial charge on any atom is 0.416 e. The predicted molar refractivity (Wildman–Crippen MR) is 139 cm³/mol. The summed E-state index contributed by atoms with van der Waals surface area (Å²) in [4.78, 5) is 33.8. The molecule has 4 aromatic rings. The van der Waals surface area contributed by atoms with Crippen LogP contribution < -0.4 is 15.8 Å². The Bertz CT molecular complexity index is 1650. The second-order valence-electron chi connectivity index (χ2n) is 9.31. The van der Waals surface area contributed by atoms with Crippen LogP contribution in [0.5, 0.6) is 5.75 Å². The number of methoxy groups -OCH3 is 1. The van der Waals surface area contributed by atoms with Crippen LogP contribution in [-0.2, 0) is 6.18 Å². The fourth-order valence-electron chi connectivity index (χ4n) is 4.76. The molecule has 41 heavy (non-hydrogen) atoms. The average Bonchev–Trinajstić information content (AvgIpc) is 3.33. The number of alkyl halides is 3. The van der Waals surface area contributed by atoms with Crippen LogP contribution in [0.3, 0.4) is 0 Å². The van der Waals surface area contributed by atoms with E-state index in [1.165, 1.54) is 24.4 Å². The topological polar surface area (TPSA) is 148 Å². The number of carbonyl (C=O) groups excluding carboxylic acids is 1. The molecule has 0 bridgehead atoms. The van der Waals surface area contributed by atoms with Gasteiger partial charge in [-0.2, -0.15) is 18.3 Å². The molecule has 0 atom stereocenters. The van der Waals surface area contributed by atoms with Crippen molar-refractivity contribution in [1.82, 2.24) is 24.6 Å². The second kappa shape index (κ2) is 10.6. The Morgan fingerprint density at radius 1 is 1.12 bits per heavy atom. The van der Waals surface area contributed by atoms with Gasteiger partial charge in [0.15, 0.2) is 5.65 Å². The first-order chi connectivity index (χ1) is 19.5. The minimum Gasteiger partial charge on any atom is -0.495 e. The number of ether oxygens (including phenoxy) is 1. The standard InChI is InChI=1S/C26H23F4N7O4/c1-41-19-10-13(2-5-18(19)34-24(38)16-4-3-14(11-17(16)27)26(28,29)30)21-20-22(31)32-12-33-23(20)37(35-21)15-6-8-36(9-7-15)25(39)40/h2-5,10-12,15H,6-9H2,1H3,(H,34,38)(H,39,40)(H2,31,32,33).